The minimum Gasteiger partial charge on any atom is -0.330 e. The number of hydrogen-bond donors (Lipinski definition) is 1. The van der Waals surface area contributed by atoms with E-state index >= 15 is 0 Å². The zero-order chi connectivity index (χ0) is 14.2. The van der Waals surface area contributed by atoms with Gasteiger partial charge in [-0.25, -0.2) is 0 Å². The predicted octanol–water partition coefficient (Wildman–Crippen LogP) is 4.03. The van der Waals surface area contributed by atoms with E-state index in [-0.39, 0.29) is 5.41 Å². The molecule has 2 aromatic rings. The van der Waals surface area contributed by atoms with E-state index in [2.05, 4.69) is 26.8 Å². The molecule has 1 aromatic carbocycles. The average molecular weight is 277 g/mol. The lowest BCUT2D eigenvalue weighted by molar-refractivity contribution is 0.373. The van der Waals surface area contributed by atoms with Gasteiger partial charge in [0.05, 0.1) is 5.52 Å². The molecule has 3 heteroatoms. The second-order valence-electron chi connectivity index (χ2n) is 6.04. The zero-order valence-corrected chi connectivity index (χ0v) is 12.8. The lowest BCUT2D eigenvalue weighted by atomic mass is 9.87. The van der Waals surface area contributed by atoms with Gasteiger partial charge >= 0.3 is 0 Å². The lowest BCUT2D eigenvalue weighted by Gasteiger charge is -2.22. The van der Waals surface area contributed by atoms with Gasteiger partial charge in [-0.2, -0.15) is 0 Å². The van der Waals surface area contributed by atoms with Crippen molar-refractivity contribution in [2.75, 3.05) is 6.54 Å². The van der Waals surface area contributed by atoms with Crippen LogP contribution in [0.2, 0.25) is 5.02 Å². The molecular formula is C16H21ClN2. The fourth-order valence-electron chi connectivity index (χ4n) is 2.29. The highest BCUT2D eigenvalue weighted by atomic mass is 35.5. The minimum atomic E-state index is 0.0690. The Balaban J connectivity index is 2.57. The van der Waals surface area contributed by atoms with Crippen molar-refractivity contribution in [1.29, 1.82) is 0 Å². The highest BCUT2D eigenvalue weighted by molar-refractivity contribution is 6.32. The Labute approximate surface area is 120 Å². The molecule has 0 atom stereocenters. The third-order valence-corrected chi connectivity index (χ3v) is 4.05. The van der Waals surface area contributed by atoms with E-state index in [0.29, 0.717) is 6.54 Å². The van der Waals surface area contributed by atoms with Crippen LogP contribution in [0.15, 0.2) is 18.2 Å². The first-order valence-electron chi connectivity index (χ1n) is 6.59. The molecule has 0 spiro atoms. The summed E-state index contributed by atoms with van der Waals surface area (Å²) >= 11 is 6.19. The first-order valence-corrected chi connectivity index (χ1v) is 6.97. The smallest absolute Gasteiger partial charge is 0.0751 e. The van der Waals surface area contributed by atoms with Crippen molar-refractivity contribution in [2.24, 2.45) is 11.1 Å². The summed E-state index contributed by atoms with van der Waals surface area (Å²) in [7, 11) is 0. The van der Waals surface area contributed by atoms with Crippen LogP contribution in [-0.2, 0) is 6.42 Å². The Morgan fingerprint density at radius 3 is 2.58 bits per heavy atom. The molecule has 0 unspecified atom stereocenters. The summed E-state index contributed by atoms with van der Waals surface area (Å²) in [4.78, 5) is 4.79. The molecule has 2 N–H and O–H groups in total. The Hall–Kier alpha value is -1.12. The third-order valence-electron chi connectivity index (χ3n) is 3.64. The maximum absolute atomic E-state index is 6.19. The number of hydrogen-bond acceptors (Lipinski definition) is 2. The van der Waals surface area contributed by atoms with Gasteiger partial charge in [-0.05, 0) is 55.5 Å². The van der Waals surface area contributed by atoms with Crippen LogP contribution < -0.4 is 5.73 Å². The maximum atomic E-state index is 6.19. The number of rotatable bonds is 3. The highest BCUT2D eigenvalue weighted by Crippen LogP contribution is 2.28. The molecular weight excluding hydrogens is 256 g/mol. The lowest BCUT2D eigenvalue weighted by Crippen LogP contribution is -2.26. The summed E-state index contributed by atoms with van der Waals surface area (Å²) in [6.45, 7) is 9.13. The SMILES string of the molecule is Cc1cc(CC(C)(C)CN)nc2c(C)c(Cl)ccc12. The third kappa shape index (κ3) is 2.90. The predicted molar refractivity (Wildman–Crippen MR) is 82.8 cm³/mol. The molecule has 0 radical (unpaired) electrons. The van der Waals surface area contributed by atoms with Crippen LogP contribution >= 0.6 is 11.6 Å². The molecule has 19 heavy (non-hydrogen) atoms. The molecule has 1 heterocycles. The molecule has 2 nitrogen and oxygen atoms in total. The zero-order valence-electron chi connectivity index (χ0n) is 12.0. The van der Waals surface area contributed by atoms with Crippen molar-refractivity contribution in [3.05, 3.63) is 40.0 Å². The van der Waals surface area contributed by atoms with Crippen molar-refractivity contribution < 1.29 is 0 Å². The summed E-state index contributed by atoms with van der Waals surface area (Å²) in [6, 6.07) is 6.15. The monoisotopic (exact) mass is 276 g/mol. The summed E-state index contributed by atoms with van der Waals surface area (Å²) in [5.41, 5.74) is 10.3. The molecule has 0 bridgehead atoms. The van der Waals surface area contributed by atoms with E-state index < -0.39 is 0 Å². The Bertz CT molecular complexity index is 618. The van der Waals surface area contributed by atoms with Gasteiger partial charge < -0.3 is 5.73 Å². The summed E-state index contributed by atoms with van der Waals surface area (Å²) < 4.78 is 0. The fourth-order valence-corrected chi connectivity index (χ4v) is 2.45. The van der Waals surface area contributed by atoms with E-state index in [9.17, 15) is 0 Å². The van der Waals surface area contributed by atoms with Gasteiger partial charge in [0.25, 0.3) is 0 Å². The van der Waals surface area contributed by atoms with Crippen molar-refractivity contribution in [3.63, 3.8) is 0 Å². The van der Waals surface area contributed by atoms with Gasteiger partial charge in [-0.1, -0.05) is 31.5 Å². The van der Waals surface area contributed by atoms with Crippen LogP contribution in [0.5, 0.6) is 0 Å². The molecule has 0 aliphatic heterocycles. The number of aryl methyl sites for hydroxylation is 2. The average Bonchev–Trinajstić information content (AvgIpc) is 2.34. The van der Waals surface area contributed by atoms with E-state index in [4.69, 9.17) is 22.3 Å². The second kappa shape index (κ2) is 5.10. The highest BCUT2D eigenvalue weighted by Gasteiger charge is 2.18. The van der Waals surface area contributed by atoms with E-state index in [1.54, 1.807) is 0 Å². The first kappa shape index (κ1) is 14.3. The summed E-state index contributed by atoms with van der Waals surface area (Å²) in [5, 5.41) is 1.95. The maximum Gasteiger partial charge on any atom is 0.0751 e. The molecule has 0 aliphatic rings. The number of fused-ring (bicyclic) bond motifs is 1. The van der Waals surface area contributed by atoms with E-state index in [1.807, 2.05) is 19.1 Å². The van der Waals surface area contributed by atoms with Gasteiger partial charge in [0.2, 0.25) is 0 Å². The Kier molecular flexibility index (Phi) is 3.84. The van der Waals surface area contributed by atoms with Gasteiger partial charge in [-0.15, -0.1) is 0 Å². The normalized spacial score (nSPS) is 12.1. The number of halogens is 1. The minimum absolute atomic E-state index is 0.0690. The molecule has 2 rings (SSSR count). The first-order chi connectivity index (χ1) is 8.84. The van der Waals surface area contributed by atoms with Crippen LogP contribution in [0.1, 0.15) is 30.7 Å². The standard InChI is InChI=1S/C16H21ClN2/c1-10-7-12(8-16(3,4)9-18)19-15-11(2)14(17)6-5-13(10)15/h5-7H,8-9,18H2,1-4H3. The summed E-state index contributed by atoms with van der Waals surface area (Å²) in [6.07, 6.45) is 0.881. The molecule has 0 saturated heterocycles. The number of pyridine rings is 1. The Morgan fingerprint density at radius 2 is 1.95 bits per heavy atom. The van der Waals surface area contributed by atoms with Gasteiger partial charge in [0.1, 0.15) is 0 Å². The van der Waals surface area contributed by atoms with Crippen molar-refractivity contribution in [3.8, 4) is 0 Å². The fraction of sp³-hybridized carbons (Fsp3) is 0.438. The number of benzene rings is 1. The van der Waals surface area contributed by atoms with Gasteiger partial charge in [-0.3, -0.25) is 4.98 Å². The second-order valence-corrected chi connectivity index (χ2v) is 6.45. The van der Waals surface area contributed by atoms with E-state index in [1.165, 1.54) is 10.9 Å². The topological polar surface area (TPSA) is 38.9 Å². The van der Waals surface area contributed by atoms with E-state index in [0.717, 1.165) is 28.2 Å². The Morgan fingerprint density at radius 1 is 1.26 bits per heavy atom. The largest absolute Gasteiger partial charge is 0.330 e. The molecule has 0 fully saturated rings. The number of nitrogens with zero attached hydrogens (tertiary/aromatic N) is 1. The molecule has 0 amide bonds. The van der Waals surface area contributed by atoms with Crippen LogP contribution in [0.3, 0.4) is 0 Å². The molecule has 0 aliphatic carbocycles. The van der Waals surface area contributed by atoms with Crippen LogP contribution in [0.25, 0.3) is 10.9 Å². The van der Waals surface area contributed by atoms with Crippen molar-refractivity contribution >= 4 is 22.5 Å². The number of aromatic nitrogens is 1. The van der Waals surface area contributed by atoms with Crippen LogP contribution in [-0.4, -0.2) is 11.5 Å². The van der Waals surface area contributed by atoms with Crippen molar-refractivity contribution in [2.45, 2.75) is 34.1 Å². The molecule has 1 aromatic heterocycles. The molecule has 102 valence electrons. The van der Waals surface area contributed by atoms with Crippen molar-refractivity contribution in [1.82, 2.24) is 4.98 Å². The quantitative estimate of drug-likeness (QED) is 0.919. The summed E-state index contributed by atoms with van der Waals surface area (Å²) in [5.74, 6) is 0. The molecule has 0 saturated carbocycles. The van der Waals surface area contributed by atoms with Crippen LogP contribution in [0, 0.1) is 19.3 Å². The van der Waals surface area contributed by atoms with Gasteiger partial charge in [0.15, 0.2) is 0 Å². The van der Waals surface area contributed by atoms with Gasteiger partial charge in [0, 0.05) is 16.1 Å². The van der Waals surface area contributed by atoms with Crippen LogP contribution in [0.4, 0.5) is 0 Å². The number of nitrogens with two attached hydrogens (primary N) is 1.